The van der Waals surface area contributed by atoms with E-state index < -0.39 is 11.9 Å². The van der Waals surface area contributed by atoms with Crippen molar-refractivity contribution in [2.24, 2.45) is 5.92 Å². The number of hydrogen-bond acceptors (Lipinski definition) is 2. The van der Waals surface area contributed by atoms with Gasteiger partial charge in [-0.3, -0.25) is 4.79 Å². The number of allylic oxidation sites excluding steroid dienone is 1. The van der Waals surface area contributed by atoms with Crippen molar-refractivity contribution < 1.29 is 19.8 Å². The topological polar surface area (TPSA) is 74.6 Å². The first kappa shape index (κ1) is 18.9. The lowest BCUT2D eigenvalue weighted by Gasteiger charge is -1.97. The van der Waals surface area contributed by atoms with Gasteiger partial charge in [0.25, 0.3) is 0 Å². The van der Waals surface area contributed by atoms with E-state index in [9.17, 15) is 9.59 Å². The number of carboxylic acid groups (broad SMARTS) is 2. The lowest BCUT2D eigenvalue weighted by molar-refractivity contribution is -0.137. The van der Waals surface area contributed by atoms with E-state index in [2.05, 4.69) is 0 Å². The summed E-state index contributed by atoms with van der Waals surface area (Å²) in [7, 11) is 0. The maximum absolute atomic E-state index is 10.5. The Morgan fingerprint density at radius 1 is 1.14 bits per heavy atom. The van der Waals surface area contributed by atoms with Crippen molar-refractivity contribution in [2.75, 3.05) is 0 Å². The van der Waals surface area contributed by atoms with Crippen LogP contribution < -0.4 is 0 Å². The Hall–Kier alpha value is -2.10. The molecule has 4 heteroatoms. The molecule has 0 aromatic heterocycles. The van der Waals surface area contributed by atoms with Crippen LogP contribution in [-0.2, 0) is 16.0 Å². The molecule has 0 unspecified atom stereocenters. The third-order valence-electron chi connectivity index (χ3n) is 2.76. The van der Waals surface area contributed by atoms with Crippen molar-refractivity contribution in [3.05, 3.63) is 47.5 Å². The van der Waals surface area contributed by atoms with Gasteiger partial charge in [-0.05, 0) is 31.2 Å². The normalized spacial score (nSPS) is 10.8. The fourth-order valence-electron chi connectivity index (χ4n) is 1.38. The van der Waals surface area contributed by atoms with Crippen LogP contribution in [0.5, 0.6) is 0 Å². The van der Waals surface area contributed by atoms with Gasteiger partial charge in [0.15, 0.2) is 0 Å². The van der Waals surface area contributed by atoms with E-state index in [1.165, 1.54) is 0 Å². The van der Waals surface area contributed by atoms with Crippen LogP contribution >= 0.6 is 0 Å². The molecule has 4 nitrogen and oxygen atoms in total. The highest BCUT2D eigenvalue weighted by atomic mass is 16.4. The molecule has 0 saturated heterocycles. The van der Waals surface area contributed by atoms with E-state index in [0.29, 0.717) is 24.3 Å². The van der Waals surface area contributed by atoms with Crippen molar-refractivity contribution in [1.29, 1.82) is 0 Å². The standard InChI is InChI=1S/C11H12O2.C6H12O2/c1-9(11(12)13)7-8-10-5-3-2-4-6-10;1-5(2)3-4-6(7)8/h2-7H,8H2,1H3,(H,12,13);5H,3-4H2,1-2H3,(H,7,8)/b9-7+;. The van der Waals surface area contributed by atoms with E-state index in [-0.39, 0.29) is 0 Å². The van der Waals surface area contributed by atoms with Gasteiger partial charge in [0.2, 0.25) is 0 Å². The van der Waals surface area contributed by atoms with Crippen LogP contribution in [0.25, 0.3) is 0 Å². The van der Waals surface area contributed by atoms with Crippen molar-refractivity contribution in [3.8, 4) is 0 Å². The molecule has 1 rings (SSSR count). The van der Waals surface area contributed by atoms with Crippen LogP contribution in [0.2, 0.25) is 0 Å². The largest absolute Gasteiger partial charge is 0.481 e. The first-order valence-corrected chi connectivity index (χ1v) is 6.98. The van der Waals surface area contributed by atoms with E-state index in [1.807, 2.05) is 44.2 Å². The molecular weight excluding hydrogens is 268 g/mol. The predicted molar refractivity (Wildman–Crippen MR) is 83.2 cm³/mol. The molecule has 0 radical (unpaired) electrons. The second-order valence-corrected chi connectivity index (χ2v) is 5.21. The first-order valence-electron chi connectivity index (χ1n) is 6.98. The Labute approximate surface area is 126 Å². The van der Waals surface area contributed by atoms with Crippen LogP contribution in [-0.4, -0.2) is 22.2 Å². The molecule has 0 fully saturated rings. The Morgan fingerprint density at radius 3 is 2.10 bits per heavy atom. The fraction of sp³-hybridized carbons (Fsp3) is 0.412. The van der Waals surface area contributed by atoms with E-state index in [4.69, 9.17) is 10.2 Å². The quantitative estimate of drug-likeness (QED) is 0.783. The summed E-state index contributed by atoms with van der Waals surface area (Å²) in [6.45, 7) is 5.64. The van der Waals surface area contributed by atoms with E-state index in [1.54, 1.807) is 13.0 Å². The highest BCUT2D eigenvalue weighted by molar-refractivity contribution is 5.85. The smallest absolute Gasteiger partial charge is 0.330 e. The average molecular weight is 292 g/mol. The number of aliphatic carboxylic acids is 2. The SMILES string of the molecule is C/C(=C\Cc1ccccc1)C(=O)O.CC(C)CCC(=O)O. The number of hydrogen-bond donors (Lipinski definition) is 2. The van der Waals surface area contributed by atoms with E-state index in [0.717, 1.165) is 12.0 Å². The molecule has 0 aliphatic carbocycles. The van der Waals surface area contributed by atoms with Gasteiger partial charge < -0.3 is 10.2 Å². The molecule has 0 aliphatic heterocycles. The molecular formula is C17H24O4. The Balaban J connectivity index is 0.000000433. The second kappa shape index (κ2) is 10.7. The number of benzene rings is 1. The Kier molecular flexibility index (Phi) is 9.59. The summed E-state index contributed by atoms with van der Waals surface area (Å²) in [5, 5.41) is 16.8. The first-order chi connectivity index (χ1) is 9.82. The highest BCUT2D eigenvalue weighted by Gasteiger charge is 1.98. The summed E-state index contributed by atoms with van der Waals surface area (Å²) in [4.78, 5) is 20.4. The van der Waals surface area contributed by atoms with Crippen LogP contribution in [0.15, 0.2) is 42.0 Å². The van der Waals surface area contributed by atoms with Gasteiger partial charge in [0, 0.05) is 12.0 Å². The van der Waals surface area contributed by atoms with Crippen LogP contribution in [0.3, 0.4) is 0 Å². The average Bonchev–Trinajstić information content (AvgIpc) is 2.44. The minimum Gasteiger partial charge on any atom is -0.481 e. The highest BCUT2D eigenvalue weighted by Crippen LogP contribution is 2.03. The minimum absolute atomic E-state index is 0.303. The monoisotopic (exact) mass is 292 g/mol. The lowest BCUT2D eigenvalue weighted by Crippen LogP contribution is -1.97. The molecule has 0 atom stereocenters. The lowest BCUT2D eigenvalue weighted by atomic mass is 10.1. The summed E-state index contributed by atoms with van der Waals surface area (Å²) < 4.78 is 0. The summed E-state index contributed by atoms with van der Waals surface area (Å²) in [5.41, 5.74) is 1.52. The van der Waals surface area contributed by atoms with Crippen LogP contribution in [0, 0.1) is 5.92 Å². The zero-order chi connectivity index (χ0) is 16.3. The maximum atomic E-state index is 10.5. The van der Waals surface area contributed by atoms with Gasteiger partial charge in [0.05, 0.1) is 0 Å². The molecule has 0 amide bonds. The molecule has 116 valence electrons. The summed E-state index contributed by atoms with van der Waals surface area (Å²) in [6.07, 6.45) is 3.49. The van der Waals surface area contributed by atoms with Crippen molar-refractivity contribution in [2.45, 2.75) is 40.0 Å². The third kappa shape index (κ3) is 11.4. The molecule has 0 heterocycles. The Morgan fingerprint density at radius 2 is 1.71 bits per heavy atom. The predicted octanol–water partition coefficient (Wildman–Crippen LogP) is 3.77. The van der Waals surface area contributed by atoms with Crippen LogP contribution in [0.1, 0.15) is 39.2 Å². The van der Waals surface area contributed by atoms with Crippen LogP contribution in [0.4, 0.5) is 0 Å². The van der Waals surface area contributed by atoms with Gasteiger partial charge in [0.1, 0.15) is 0 Å². The maximum Gasteiger partial charge on any atom is 0.330 e. The second-order valence-electron chi connectivity index (χ2n) is 5.21. The molecule has 0 spiro atoms. The minimum atomic E-state index is -0.851. The molecule has 1 aromatic rings. The molecule has 1 aromatic carbocycles. The van der Waals surface area contributed by atoms with Gasteiger partial charge in [-0.15, -0.1) is 0 Å². The zero-order valence-electron chi connectivity index (χ0n) is 12.9. The van der Waals surface area contributed by atoms with Crippen molar-refractivity contribution in [3.63, 3.8) is 0 Å². The van der Waals surface area contributed by atoms with Gasteiger partial charge in [-0.2, -0.15) is 0 Å². The van der Waals surface area contributed by atoms with Gasteiger partial charge in [-0.1, -0.05) is 50.3 Å². The van der Waals surface area contributed by atoms with Gasteiger partial charge >= 0.3 is 11.9 Å². The molecule has 0 saturated carbocycles. The number of rotatable bonds is 6. The molecule has 2 N–H and O–H groups in total. The third-order valence-corrected chi connectivity index (χ3v) is 2.76. The zero-order valence-corrected chi connectivity index (χ0v) is 12.9. The summed E-state index contributed by atoms with van der Waals surface area (Å²) in [6, 6.07) is 9.78. The van der Waals surface area contributed by atoms with Crippen molar-refractivity contribution in [1.82, 2.24) is 0 Å². The Bertz CT molecular complexity index is 461. The van der Waals surface area contributed by atoms with Crippen molar-refractivity contribution >= 4 is 11.9 Å². The molecule has 0 bridgehead atoms. The fourth-order valence-corrected chi connectivity index (χ4v) is 1.38. The number of carboxylic acids is 2. The molecule has 0 aliphatic rings. The molecule has 21 heavy (non-hydrogen) atoms. The summed E-state index contributed by atoms with van der Waals surface area (Å²) >= 11 is 0. The van der Waals surface area contributed by atoms with E-state index >= 15 is 0 Å². The van der Waals surface area contributed by atoms with Gasteiger partial charge in [-0.25, -0.2) is 4.79 Å². The summed E-state index contributed by atoms with van der Waals surface area (Å²) in [5.74, 6) is -1.04. The number of carbonyl (C=O) groups is 2.